The van der Waals surface area contributed by atoms with Crippen molar-refractivity contribution in [2.45, 2.75) is 31.7 Å². The number of rotatable bonds is 5. The monoisotopic (exact) mass is 304 g/mol. The van der Waals surface area contributed by atoms with E-state index in [4.69, 9.17) is 10.8 Å². The molecule has 112 valence electrons. The van der Waals surface area contributed by atoms with Crippen molar-refractivity contribution < 1.29 is 9.90 Å². The molecule has 0 radical (unpaired) electrons. The van der Waals surface area contributed by atoms with Gasteiger partial charge in [-0.2, -0.15) is 0 Å². The van der Waals surface area contributed by atoms with Gasteiger partial charge in [0.1, 0.15) is 4.88 Å². The van der Waals surface area contributed by atoms with E-state index in [0.29, 0.717) is 29.6 Å². The zero-order valence-electron chi connectivity index (χ0n) is 11.9. The number of anilines is 1. The maximum atomic E-state index is 12.9. The Hall–Kier alpha value is -1.59. The number of thiophene rings is 1. The lowest BCUT2D eigenvalue weighted by molar-refractivity contribution is 0.0568. The molecule has 3 rings (SSSR count). The summed E-state index contributed by atoms with van der Waals surface area (Å²) in [6, 6.07) is 8.17. The van der Waals surface area contributed by atoms with Crippen LogP contribution in [0, 0.1) is 0 Å². The molecule has 0 saturated heterocycles. The number of aliphatic hydroxyl groups is 1. The van der Waals surface area contributed by atoms with Crippen LogP contribution in [0.15, 0.2) is 24.3 Å². The van der Waals surface area contributed by atoms with Gasteiger partial charge in [-0.05, 0) is 31.7 Å². The maximum absolute atomic E-state index is 12.9. The molecule has 1 aliphatic carbocycles. The smallest absolute Gasteiger partial charge is 0.266 e. The van der Waals surface area contributed by atoms with E-state index in [1.165, 1.54) is 17.8 Å². The van der Waals surface area contributed by atoms with E-state index >= 15 is 0 Å². The van der Waals surface area contributed by atoms with E-state index in [0.717, 1.165) is 22.9 Å². The maximum Gasteiger partial charge on any atom is 0.266 e. The Kier molecular flexibility index (Phi) is 4.12. The molecule has 1 fully saturated rings. The standard InChI is InChI=1S/C16H20N2O2S/c17-14-12-7-1-2-8-13(12)21-15(14)16(20)18(9-4-10-19)11-5-3-6-11/h1-2,7-8,11,19H,3-6,9-10,17H2. The van der Waals surface area contributed by atoms with E-state index < -0.39 is 0 Å². The molecule has 1 saturated carbocycles. The number of carbonyl (C=O) groups is 1. The Morgan fingerprint density at radius 3 is 2.76 bits per heavy atom. The minimum absolute atomic E-state index is 0.0202. The number of carbonyl (C=O) groups excluding carboxylic acids is 1. The Balaban J connectivity index is 1.91. The quantitative estimate of drug-likeness (QED) is 0.892. The van der Waals surface area contributed by atoms with Gasteiger partial charge in [0.25, 0.3) is 5.91 Å². The van der Waals surface area contributed by atoms with Gasteiger partial charge < -0.3 is 15.7 Å². The fourth-order valence-corrected chi connectivity index (χ4v) is 3.82. The van der Waals surface area contributed by atoms with Crippen molar-refractivity contribution >= 4 is 33.0 Å². The van der Waals surface area contributed by atoms with E-state index in [-0.39, 0.29) is 12.5 Å². The van der Waals surface area contributed by atoms with E-state index in [1.54, 1.807) is 0 Å². The first kappa shape index (κ1) is 14.4. The number of nitrogens with zero attached hydrogens (tertiary/aromatic N) is 1. The fourth-order valence-electron chi connectivity index (χ4n) is 2.74. The van der Waals surface area contributed by atoms with Gasteiger partial charge in [-0.15, -0.1) is 11.3 Å². The van der Waals surface area contributed by atoms with Crippen molar-refractivity contribution in [2.24, 2.45) is 0 Å². The van der Waals surface area contributed by atoms with Crippen LogP contribution in [0.3, 0.4) is 0 Å². The first-order chi connectivity index (χ1) is 10.2. The van der Waals surface area contributed by atoms with Crippen LogP contribution < -0.4 is 5.73 Å². The Morgan fingerprint density at radius 2 is 2.14 bits per heavy atom. The van der Waals surface area contributed by atoms with Crippen LogP contribution in [0.2, 0.25) is 0 Å². The van der Waals surface area contributed by atoms with E-state index in [1.807, 2.05) is 29.2 Å². The molecule has 1 aliphatic rings. The van der Waals surface area contributed by atoms with Crippen molar-refractivity contribution in [2.75, 3.05) is 18.9 Å². The first-order valence-corrected chi connectivity index (χ1v) is 8.23. The fraction of sp³-hybridized carbons (Fsp3) is 0.438. The molecule has 0 bridgehead atoms. The molecule has 4 nitrogen and oxygen atoms in total. The molecule has 3 N–H and O–H groups in total. The molecule has 2 aromatic rings. The minimum atomic E-state index is 0.0202. The summed E-state index contributed by atoms with van der Waals surface area (Å²) in [6.45, 7) is 0.714. The van der Waals surface area contributed by atoms with Crippen LogP contribution in [0.5, 0.6) is 0 Å². The highest BCUT2D eigenvalue weighted by molar-refractivity contribution is 7.21. The van der Waals surface area contributed by atoms with Gasteiger partial charge >= 0.3 is 0 Å². The molecule has 0 atom stereocenters. The SMILES string of the molecule is Nc1c(C(=O)N(CCCO)C2CCC2)sc2ccccc12. The molecule has 1 heterocycles. The Labute approximate surface area is 128 Å². The summed E-state index contributed by atoms with van der Waals surface area (Å²) in [5, 5.41) is 10.0. The summed E-state index contributed by atoms with van der Waals surface area (Å²) < 4.78 is 1.05. The lowest BCUT2D eigenvalue weighted by Crippen LogP contribution is -2.44. The van der Waals surface area contributed by atoms with Gasteiger partial charge in [0, 0.05) is 29.3 Å². The van der Waals surface area contributed by atoms with Gasteiger partial charge in [0.2, 0.25) is 0 Å². The van der Waals surface area contributed by atoms with Gasteiger partial charge in [-0.3, -0.25) is 4.79 Å². The highest BCUT2D eigenvalue weighted by atomic mass is 32.1. The van der Waals surface area contributed by atoms with Gasteiger partial charge in [-0.25, -0.2) is 0 Å². The third kappa shape index (κ3) is 2.63. The number of hydrogen-bond acceptors (Lipinski definition) is 4. The van der Waals surface area contributed by atoms with Crippen LogP contribution in [-0.4, -0.2) is 35.1 Å². The number of fused-ring (bicyclic) bond motifs is 1. The number of amides is 1. The predicted molar refractivity (Wildman–Crippen MR) is 86.6 cm³/mol. The molecular weight excluding hydrogens is 284 g/mol. The molecule has 21 heavy (non-hydrogen) atoms. The molecule has 0 aliphatic heterocycles. The third-order valence-electron chi connectivity index (χ3n) is 4.16. The normalized spacial score (nSPS) is 15.1. The predicted octanol–water partition coefficient (Wildman–Crippen LogP) is 2.86. The molecule has 0 spiro atoms. The van der Waals surface area contributed by atoms with Crippen LogP contribution >= 0.6 is 11.3 Å². The highest BCUT2D eigenvalue weighted by Gasteiger charge is 2.31. The lowest BCUT2D eigenvalue weighted by atomic mass is 9.91. The van der Waals surface area contributed by atoms with Crippen LogP contribution in [0.25, 0.3) is 10.1 Å². The summed E-state index contributed by atoms with van der Waals surface area (Å²) in [4.78, 5) is 15.4. The van der Waals surface area contributed by atoms with Crippen molar-refractivity contribution in [3.8, 4) is 0 Å². The number of nitrogens with two attached hydrogens (primary N) is 1. The van der Waals surface area contributed by atoms with E-state index in [2.05, 4.69) is 0 Å². The van der Waals surface area contributed by atoms with Crippen molar-refractivity contribution in [3.63, 3.8) is 0 Å². The highest BCUT2D eigenvalue weighted by Crippen LogP contribution is 2.36. The molecule has 1 aromatic heterocycles. The average molecular weight is 304 g/mol. The zero-order valence-corrected chi connectivity index (χ0v) is 12.7. The first-order valence-electron chi connectivity index (χ1n) is 7.41. The molecule has 1 amide bonds. The van der Waals surface area contributed by atoms with Gasteiger partial charge in [0.15, 0.2) is 0 Å². The molecule has 0 unspecified atom stereocenters. The molecular formula is C16H20N2O2S. The summed E-state index contributed by atoms with van der Waals surface area (Å²) >= 11 is 1.47. The zero-order chi connectivity index (χ0) is 14.8. The summed E-state index contributed by atoms with van der Waals surface area (Å²) in [6.07, 6.45) is 3.91. The Bertz CT molecular complexity index is 649. The number of nitrogen functional groups attached to an aromatic ring is 1. The number of benzene rings is 1. The second-order valence-electron chi connectivity index (χ2n) is 5.50. The van der Waals surface area contributed by atoms with E-state index in [9.17, 15) is 4.79 Å². The Morgan fingerprint density at radius 1 is 1.38 bits per heavy atom. The van der Waals surface area contributed by atoms with Crippen LogP contribution in [0.4, 0.5) is 5.69 Å². The third-order valence-corrected chi connectivity index (χ3v) is 5.34. The van der Waals surface area contributed by atoms with Crippen molar-refractivity contribution in [1.29, 1.82) is 0 Å². The van der Waals surface area contributed by atoms with Gasteiger partial charge in [0.05, 0.1) is 5.69 Å². The summed E-state index contributed by atoms with van der Waals surface area (Å²) in [5.41, 5.74) is 6.77. The topological polar surface area (TPSA) is 66.6 Å². The largest absolute Gasteiger partial charge is 0.397 e. The minimum Gasteiger partial charge on any atom is -0.397 e. The molecule has 5 heteroatoms. The lowest BCUT2D eigenvalue weighted by Gasteiger charge is -2.37. The van der Waals surface area contributed by atoms with Crippen LogP contribution in [0.1, 0.15) is 35.4 Å². The average Bonchev–Trinajstić information content (AvgIpc) is 2.78. The van der Waals surface area contributed by atoms with Crippen molar-refractivity contribution in [1.82, 2.24) is 4.90 Å². The van der Waals surface area contributed by atoms with Crippen molar-refractivity contribution in [3.05, 3.63) is 29.1 Å². The summed E-state index contributed by atoms with van der Waals surface area (Å²) in [7, 11) is 0. The number of aliphatic hydroxyl groups excluding tert-OH is 1. The summed E-state index contributed by atoms with van der Waals surface area (Å²) in [5.74, 6) is 0.0202. The number of hydrogen-bond donors (Lipinski definition) is 2. The van der Waals surface area contributed by atoms with Crippen LogP contribution in [-0.2, 0) is 0 Å². The molecule has 1 aromatic carbocycles. The second-order valence-corrected chi connectivity index (χ2v) is 6.55. The van der Waals surface area contributed by atoms with Gasteiger partial charge in [-0.1, -0.05) is 18.2 Å². The second kappa shape index (κ2) is 6.03.